The first-order chi connectivity index (χ1) is 26.2. The molecule has 1 rings (SSSR count). The SMILES string of the molecule is CCCCCC/C=C\CCCCCCCC/C=C/OC[C@H](COP(=O)(O)OCCN)OC(=O)CCC/C=C\C[C@H]1C=CC(=O)[C@@H]1/C=C/[C@@H](O)CCCCC. The molecular weight excluding hydrogens is 705 g/mol. The van der Waals surface area contributed by atoms with Crippen LogP contribution in [0.1, 0.15) is 149 Å². The second kappa shape index (κ2) is 34.0. The van der Waals surface area contributed by atoms with Crippen LogP contribution in [0.25, 0.3) is 0 Å². The number of phosphoric ester groups is 1. The van der Waals surface area contributed by atoms with Gasteiger partial charge in [0.2, 0.25) is 0 Å². The van der Waals surface area contributed by atoms with Crippen LogP contribution in [0.2, 0.25) is 0 Å². The number of hydrogen-bond donors (Lipinski definition) is 3. The fourth-order valence-electron chi connectivity index (χ4n) is 6.00. The van der Waals surface area contributed by atoms with Crippen LogP contribution < -0.4 is 5.73 Å². The number of allylic oxidation sites excluding steroid dienone is 8. The Hall–Kier alpha value is -2.33. The third-order valence-corrected chi connectivity index (χ3v) is 10.2. The number of rotatable bonds is 36. The van der Waals surface area contributed by atoms with Gasteiger partial charge in [-0.15, -0.1) is 0 Å². The van der Waals surface area contributed by atoms with Gasteiger partial charge in [0, 0.05) is 18.9 Å². The highest BCUT2D eigenvalue weighted by Crippen LogP contribution is 2.43. The number of carbonyl (C=O) groups excluding carboxylic acids is 2. The number of phosphoric acid groups is 1. The van der Waals surface area contributed by atoms with Gasteiger partial charge in [-0.25, -0.2) is 4.57 Å². The second-order valence-electron chi connectivity index (χ2n) is 14.2. The maximum absolute atomic E-state index is 12.6. The number of ketones is 1. The lowest BCUT2D eigenvalue weighted by atomic mass is 9.90. The number of nitrogens with two attached hydrogens (primary N) is 1. The van der Waals surface area contributed by atoms with Crippen LogP contribution in [0.15, 0.2) is 60.9 Å². The highest BCUT2D eigenvalue weighted by atomic mass is 31.2. The summed E-state index contributed by atoms with van der Waals surface area (Å²) < 4.78 is 33.1. The van der Waals surface area contributed by atoms with E-state index in [1.165, 1.54) is 64.2 Å². The van der Waals surface area contributed by atoms with Gasteiger partial charge in [-0.2, -0.15) is 0 Å². The van der Waals surface area contributed by atoms with Crippen LogP contribution in [0.4, 0.5) is 0 Å². The van der Waals surface area contributed by atoms with E-state index in [2.05, 4.69) is 26.0 Å². The zero-order valence-electron chi connectivity index (χ0n) is 33.5. The van der Waals surface area contributed by atoms with Crippen LogP contribution >= 0.6 is 7.82 Å². The van der Waals surface area contributed by atoms with Crippen molar-refractivity contribution >= 4 is 19.6 Å². The summed E-state index contributed by atoms with van der Waals surface area (Å²) in [4.78, 5) is 34.9. The first-order valence-electron chi connectivity index (χ1n) is 20.9. The molecular formula is C43H74NO9P. The van der Waals surface area contributed by atoms with Crippen molar-refractivity contribution in [2.75, 3.05) is 26.4 Å². The molecule has 310 valence electrons. The number of hydrogen-bond acceptors (Lipinski definition) is 9. The van der Waals surface area contributed by atoms with Crippen LogP contribution in [-0.4, -0.2) is 60.3 Å². The lowest BCUT2D eigenvalue weighted by molar-refractivity contribution is -0.153. The van der Waals surface area contributed by atoms with Crippen molar-refractivity contribution in [3.05, 3.63) is 60.9 Å². The predicted octanol–water partition coefficient (Wildman–Crippen LogP) is 10.2. The molecule has 0 heterocycles. The summed E-state index contributed by atoms with van der Waals surface area (Å²) in [5.41, 5.74) is 5.35. The van der Waals surface area contributed by atoms with Crippen LogP contribution in [0.3, 0.4) is 0 Å². The predicted molar refractivity (Wildman–Crippen MR) is 219 cm³/mol. The molecule has 0 radical (unpaired) electrons. The van der Waals surface area contributed by atoms with E-state index in [-0.39, 0.29) is 50.4 Å². The number of aliphatic hydroxyl groups excluding tert-OH is 1. The van der Waals surface area contributed by atoms with Gasteiger partial charge in [-0.05, 0) is 82.3 Å². The van der Waals surface area contributed by atoms with E-state index in [0.717, 1.165) is 38.5 Å². The third-order valence-electron chi connectivity index (χ3n) is 9.22. The van der Waals surface area contributed by atoms with Crippen LogP contribution in [-0.2, 0) is 32.7 Å². The average molecular weight is 780 g/mol. The quantitative estimate of drug-likeness (QED) is 0.0184. The van der Waals surface area contributed by atoms with E-state index in [0.29, 0.717) is 25.7 Å². The highest BCUT2D eigenvalue weighted by Gasteiger charge is 2.27. The van der Waals surface area contributed by atoms with Gasteiger partial charge in [0.25, 0.3) is 0 Å². The number of carbonyl (C=O) groups is 2. The van der Waals surface area contributed by atoms with Crippen molar-refractivity contribution in [2.45, 2.75) is 161 Å². The molecule has 54 heavy (non-hydrogen) atoms. The fourth-order valence-corrected chi connectivity index (χ4v) is 6.77. The Morgan fingerprint density at radius 1 is 0.833 bits per heavy atom. The van der Waals surface area contributed by atoms with E-state index in [1.807, 2.05) is 30.4 Å². The molecule has 0 saturated carbocycles. The molecule has 11 heteroatoms. The molecule has 10 nitrogen and oxygen atoms in total. The summed E-state index contributed by atoms with van der Waals surface area (Å²) in [7, 11) is -4.35. The zero-order chi connectivity index (χ0) is 39.5. The summed E-state index contributed by atoms with van der Waals surface area (Å²) in [5, 5.41) is 10.2. The Morgan fingerprint density at radius 2 is 1.44 bits per heavy atom. The average Bonchev–Trinajstić information content (AvgIpc) is 3.51. The Labute approximate surface area is 327 Å². The lowest BCUT2D eigenvalue weighted by Crippen LogP contribution is -2.27. The van der Waals surface area contributed by atoms with Crippen molar-refractivity contribution in [2.24, 2.45) is 17.6 Å². The Balaban J connectivity index is 2.37. The van der Waals surface area contributed by atoms with Gasteiger partial charge in [0.05, 0.1) is 25.6 Å². The molecule has 0 aliphatic heterocycles. The summed E-state index contributed by atoms with van der Waals surface area (Å²) in [6.45, 7) is 3.87. The minimum atomic E-state index is -4.35. The van der Waals surface area contributed by atoms with Crippen molar-refractivity contribution in [3.63, 3.8) is 0 Å². The fraction of sp³-hybridized carbons (Fsp3) is 0.721. The van der Waals surface area contributed by atoms with Gasteiger partial charge >= 0.3 is 13.8 Å². The minimum Gasteiger partial charge on any atom is -0.498 e. The number of unbranched alkanes of at least 4 members (excludes halogenated alkanes) is 14. The van der Waals surface area contributed by atoms with Crippen LogP contribution in [0.5, 0.6) is 0 Å². The number of ether oxygens (including phenoxy) is 2. The maximum atomic E-state index is 12.6. The summed E-state index contributed by atoms with van der Waals surface area (Å²) in [6, 6.07) is 0. The van der Waals surface area contributed by atoms with Crippen LogP contribution in [0, 0.1) is 11.8 Å². The monoisotopic (exact) mass is 780 g/mol. The molecule has 0 saturated heterocycles. The second-order valence-corrected chi connectivity index (χ2v) is 15.7. The van der Waals surface area contributed by atoms with E-state index < -0.39 is 26.0 Å². The molecule has 5 atom stereocenters. The topological polar surface area (TPSA) is 155 Å². The summed E-state index contributed by atoms with van der Waals surface area (Å²) in [5.74, 6) is -0.635. The van der Waals surface area contributed by atoms with Crippen molar-refractivity contribution in [1.29, 1.82) is 0 Å². The summed E-state index contributed by atoms with van der Waals surface area (Å²) >= 11 is 0. The molecule has 1 unspecified atom stereocenters. The van der Waals surface area contributed by atoms with E-state index >= 15 is 0 Å². The molecule has 0 aromatic heterocycles. The molecule has 1 aliphatic carbocycles. The minimum absolute atomic E-state index is 0.0365. The zero-order valence-corrected chi connectivity index (χ0v) is 34.4. The Bertz CT molecular complexity index is 1150. The highest BCUT2D eigenvalue weighted by molar-refractivity contribution is 7.47. The smallest absolute Gasteiger partial charge is 0.472 e. The van der Waals surface area contributed by atoms with Gasteiger partial charge in [-0.1, -0.05) is 121 Å². The van der Waals surface area contributed by atoms with Crippen molar-refractivity contribution in [1.82, 2.24) is 0 Å². The van der Waals surface area contributed by atoms with E-state index in [9.17, 15) is 24.2 Å². The van der Waals surface area contributed by atoms with Crippen molar-refractivity contribution < 1.29 is 42.7 Å². The largest absolute Gasteiger partial charge is 0.498 e. The van der Waals surface area contributed by atoms with Gasteiger partial charge < -0.3 is 25.2 Å². The number of esters is 1. The first-order valence-corrected chi connectivity index (χ1v) is 22.4. The van der Waals surface area contributed by atoms with E-state index in [1.54, 1.807) is 18.4 Å². The third kappa shape index (κ3) is 28.1. The molecule has 0 aromatic carbocycles. The lowest BCUT2D eigenvalue weighted by Gasteiger charge is -2.19. The molecule has 0 spiro atoms. The van der Waals surface area contributed by atoms with Gasteiger partial charge in [-0.3, -0.25) is 18.6 Å². The number of aliphatic hydroxyl groups is 1. The molecule has 0 aromatic rings. The van der Waals surface area contributed by atoms with Gasteiger partial charge in [0.15, 0.2) is 11.9 Å². The Morgan fingerprint density at radius 3 is 2.13 bits per heavy atom. The molecule has 4 N–H and O–H groups in total. The van der Waals surface area contributed by atoms with Crippen molar-refractivity contribution in [3.8, 4) is 0 Å². The van der Waals surface area contributed by atoms with Gasteiger partial charge in [0.1, 0.15) is 6.61 Å². The maximum Gasteiger partial charge on any atom is 0.472 e. The first kappa shape index (κ1) is 49.7. The normalized spacial score (nSPS) is 18.4. The standard InChI is InChI=1S/C43H74NO9P/c1-3-5-7-8-9-10-11-12-13-14-15-16-17-18-21-25-34-50-36-40(37-52-54(48,49)51-35-33-44)53-43(47)28-24-20-19-23-26-38-29-32-42(46)41(38)31-30-39(45)27-22-6-4-2/h10-11,19,23,25,29-32,34,38-41,45H,3-9,12-18,20-22,24,26-28,33,35-37,44H2,1-2H3,(H,48,49)/b11-10-,23-19-,31-30+,34-25+/t38-,39-,40+,41+/m0/s1. The molecule has 0 fully saturated rings. The van der Waals surface area contributed by atoms with E-state index in [4.69, 9.17) is 24.3 Å². The summed E-state index contributed by atoms with van der Waals surface area (Å²) in [6.07, 6.45) is 39.5. The molecule has 0 bridgehead atoms. The molecule has 1 aliphatic rings. The Kier molecular flexibility index (Phi) is 31.3. The molecule has 0 amide bonds.